The van der Waals surface area contributed by atoms with Crippen molar-refractivity contribution in [2.75, 3.05) is 6.54 Å². The third-order valence-electron chi connectivity index (χ3n) is 1.89. The van der Waals surface area contributed by atoms with Crippen LogP contribution in [0.2, 0.25) is 0 Å². The van der Waals surface area contributed by atoms with E-state index in [1.54, 1.807) is 12.1 Å². The molecule has 0 atom stereocenters. The fraction of sp³-hybridized carbons (Fsp3) is 0.417. The standard InChI is InChI=1S/C12H16BrNO2/c1-4-14-12(15)9-5-6-10(13)11(7-9)16-8(2)3/h5-8H,4H2,1-3H3,(H,14,15). The second-order valence-corrected chi connectivity index (χ2v) is 4.53. The molecule has 0 fully saturated rings. The van der Waals surface area contributed by atoms with Crippen LogP contribution in [0.15, 0.2) is 22.7 Å². The van der Waals surface area contributed by atoms with Gasteiger partial charge in [0, 0.05) is 12.1 Å². The van der Waals surface area contributed by atoms with Gasteiger partial charge in [-0.15, -0.1) is 0 Å². The van der Waals surface area contributed by atoms with Gasteiger partial charge in [0.05, 0.1) is 10.6 Å². The van der Waals surface area contributed by atoms with Crippen LogP contribution in [0.5, 0.6) is 5.75 Å². The predicted octanol–water partition coefficient (Wildman–Crippen LogP) is 2.99. The van der Waals surface area contributed by atoms with Crippen molar-refractivity contribution in [2.24, 2.45) is 0 Å². The molecule has 1 aromatic rings. The fourth-order valence-corrected chi connectivity index (χ4v) is 1.59. The Bertz CT molecular complexity index is 377. The molecule has 0 spiro atoms. The van der Waals surface area contributed by atoms with Gasteiger partial charge >= 0.3 is 0 Å². The van der Waals surface area contributed by atoms with Gasteiger partial charge in [-0.05, 0) is 54.9 Å². The quantitative estimate of drug-likeness (QED) is 0.924. The lowest BCUT2D eigenvalue weighted by Crippen LogP contribution is -2.22. The number of hydrogen-bond donors (Lipinski definition) is 1. The lowest BCUT2D eigenvalue weighted by atomic mass is 10.2. The summed E-state index contributed by atoms with van der Waals surface area (Å²) in [6.45, 7) is 6.41. The minimum atomic E-state index is -0.0800. The number of halogens is 1. The maximum absolute atomic E-state index is 11.6. The summed E-state index contributed by atoms with van der Waals surface area (Å²) in [5, 5.41) is 2.75. The SMILES string of the molecule is CCNC(=O)c1ccc(Br)c(OC(C)C)c1. The van der Waals surface area contributed by atoms with E-state index in [-0.39, 0.29) is 12.0 Å². The molecule has 0 aliphatic carbocycles. The Hall–Kier alpha value is -1.03. The smallest absolute Gasteiger partial charge is 0.251 e. The highest BCUT2D eigenvalue weighted by atomic mass is 79.9. The highest BCUT2D eigenvalue weighted by Crippen LogP contribution is 2.26. The Morgan fingerprint density at radius 2 is 2.19 bits per heavy atom. The monoisotopic (exact) mass is 285 g/mol. The number of rotatable bonds is 4. The molecular weight excluding hydrogens is 270 g/mol. The van der Waals surface area contributed by atoms with Crippen LogP contribution in [-0.2, 0) is 0 Å². The van der Waals surface area contributed by atoms with Crippen molar-refractivity contribution in [1.29, 1.82) is 0 Å². The highest BCUT2D eigenvalue weighted by Gasteiger charge is 2.09. The van der Waals surface area contributed by atoms with E-state index >= 15 is 0 Å². The van der Waals surface area contributed by atoms with Crippen LogP contribution in [-0.4, -0.2) is 18.6 Å². The molecule has 4 heteroatoms. The Morgan fingerprint density at radius 1 is 1.50 bits per heavy atom. The van der Waals surface area contributed by atoms with Crippen LogP contribution in [0, 0.1) is 0 Å². The Labute approximate surface area is 104 Å². The minimum Gasteiger partial charge on any atom is -0.490 e. The van der Waals surface area contributed by atoms with Gasteiger partial charge in [-0.1, -0.05) is 0 Å². The zero-order valence-electron chi connectivity index (χ0n) is 9.71. The number of amides is 1. The molecule has 3 nitrogen and oxygen atoms in total. The van der Waals surface area contributed by atoms with Gasteiger partial charge in [-0.3, -0.25) is 4.79 Å². The molecule has 0 bridgehead atoms. The van der Waals surface area contributed by atoms with E-state index in [1.165, 1.54) is 0 Å². The maximum Gasteiger partial charge on any atom is 0.251 e. The molecular formula is C12H16BrNO2. The lowest BCUT2D eigenvalue weighted by Gasteiger charge is -2.12. The molecule has 0 heterocycles. The summed E-state index contributed by atoms with van der Waals surface area (Å²) in [5.41, 5.74) is 0.612. The Morgan fingerprint density at radius 3 is 2.75 bits per heavy atom. The van der Waals surface area contributed by atoms with Crippen molar-refractivity contribution in [3.05, 3.63) is 28.2 Å². The van der Waals surface area contributed by atoms with E-state index < -0.39 is 0 Å². The third-order valence-corrected chi connectivity index (χ3v) is 2.55. The molecule has 88 valence electrons. The maximum atomic E-state index is 11.6. The van der Waals surface area contributed by atoms with Crippen LogP contribution in [0.4, 0.5) is 0 Å². The van der Waals surface area contributed by atoms with Gasteiger partial charge in [0.15, 0.2) is 0 Å². The zero-order chi connectivity index (χ0) is 12.1. The van der Waals surface area contributed by atoms with Gasteiger partial charge < -0.3 is 10.1 Å². The van der Waals surface area contributed by atoms with Crippen molar-refractivity contribution in [2.45, 2.75) is 26.9 Å². The molecule has 0 unspecified atom stereocenters. The van der Waals surface area contributed by atoms with Crippen molar-refractivity contribution < 1.29 is 9.53 Å². The summed E-state index contributed by atoms with van der Waals surface area (Å²) in [6.07, 6.45) is 0.0841. The molecule has 0 aromatic heterocycles. The van der Waals surface area contributed by atoms with E-state index in [0.717, 1.165) is 4.47 Å². The van der Waals surface area contributed by atoms with E-state index in [4.69, 9.17) is 4.74 Å². The average Bonchev–Trinajstić information content (AvgIpc) is 2.21. The molecule has 0 saturated carbocycles. The summed E-state index contributed by atoms with van der Waals surface area (Å²) in [6, 6.07) is 5.33. The number of carbonyl (C=O) groups is 1. The number of nitrogens with one attached hydrogen (secondary N) is 1. The van der Waals surface area contributed by atoms with Crippen molar-refractivity contribution in [3.8, 4) is 5.75 Å². The molecule has 1 amide bonds. The molecule has 0 aliphatic rings. The largest absolute Gasteiger partial charge is 0.490 e. The Balaban J connectivity index is 2.93. The molecule has 0 radical (unpaired) electrons. The molecule has 16 heavy (non-hydrogen) atoms. The molecule has 0 saturated heterocycles. The summed E-state index contributed by atoms with van der Waals surface area (Å²) in [7, 11) is 0. The van der Waals surface area contributed by atoms with Crippen LogP contribution < -0.4 is 10.1 Å². The topological polar surface area (TPSA) is 38.3 Å². The first-order valence-electron chi connectivity index (χ1n) is 5.29. The predicted molar refractivity (Wildman–Crippen MR) is 67.9 cm³/mol. The number of hydrogen-bond acceptors (Lipinski definition) is 2. The number of carbonyl (C=O) groups excluding carboxylic acids is 1. The zero-order valence-corrected chi connectivity index (χ0v) is 11.3. The van der Waals surface area contributed by atoms with Gasteiger partial charge in [-0.2, -0.15) is 0 Å². The molecule has 1 N–H and O–H groups in total. The summed E-state index contributed by atoms with van der Waals surface area (Å²) >= 11 is 3.39. The first-order valence-corrected chi connectivity index (χ1v) is 6.08. The first kappa shape index (κ1) is 13.0. The van der Waals surface area contributed by atoms with Crippen molar-refractivity contribution in [1.82, 2.24) is 5.32 Å². The van der Waals surface area contributed by atoms with Gasteiger partial charge in [-0.25, -0.2) is 0 Å². The normalized spacial score (nSPS) is 10.3. The first-order chi connectivity index (χ1) is 7.54. The lowest BCUT2D eigenvalue weighted by molar-refractivity contribution is 0.0955. The second-order valence-electron chi connectivity index (χ2n) is 3.67. The van der Waals surface area contributed by atoms with Crippen molar-refractivity contribution in [3.63, 3.8) is 0 Å². The Kier molecular flexibility index (Phi) is 4.80. The second kappa shape index (κ2) is 5.89. The fourth-order valence-electron chi connectivity index (χ4n) is 1.25. The van der Waals surface area contributed by atoms with Crippen LogP contribution in [0.25, 0.3) is 0 Å². The van der Waals surface area contributed by atoms with Crippen LogP contribution >= 0.6 is 15.9 Å². The van der Waals surface area contributed by atoms with Crippen LogP contribution in [0.3, 0.4) is 0 Å². The van der Waals surface area contributed by atoms with E-state index in [0.29, 0.717) is 17.9 Å². The van der Waals surface area contributed by atoms with Crippen LogP contribution in [0.1, 0.15) is 31.1 Å². The molecule has 1 rings (SSSR count). The number of ether oxygens (including phenoxy) is 1. The highest BCUT2D eigenvalue weighted by molar-refractivity contribution is 9.10. The van der Waals surface area contributed by atoms with Gasteiger partial charge in [0.1, 0.15) is 5.75 Å². The van der Waals surface area contributed by atoms with Gasteiger partial charge in [0.2, 0.25) is 0 Å². The molecule has 1 aromatic carbocycles. The van der Waals surface area contributed by atoms with E-state index in [2.05, 4.69) is 21.2 Å². The average molecular weight is 286 g/mol. The third kappa shape index (κ3) is 3.52. The van der Waals surface area contributed by atoms with Crippen molar-refractivity contribution >= 4 is 21.8 Å². The molecule has 0 aliphatic heterocycles. The van der Waals surface area contributed by atoms with E-state index in [9.17, 15) is 4.79 Å². The number of benzene rings is 1. The minimum absolute atomic E-state index is 0.0800. The summed E-state index contributed by atoms with van der Waals surface area (Å²) < 4.78 is 6.44. The summed E-state index contributed by atoms with van der Waals surface area (Å²) in [4.78, 5) is 11.6. The van der Waals surface area contributed by atoms with Gasteiger partial charge in [0.25, 0.3) is 5.91 Å². The van der Waals surface area contributed by atoms with E-state index in [1.807, 2.05) is 26.8 Å². The summed E-state index contributed by atoms with van der Waals surface area (Å²) in [5.74, 6) is 0.613.